The van der Waals surface area contributed by atoms with Gasteiger partial charge in [0.15, 0.2) is 4.87 Å². The van der Waals surface area contributed by atoms with E-state index in [4.69, 9.17) is 0 Å². The van der Waals surface area contributed by atoms with E-state index in [-0.39, 0.29) is 11.9 Å². The first-order chi connectivity index (χ1) is 15.9. The Bertz CT molecular complexity index is 1240. The van der Waals surface area contributed by atoms with Gasteiger partial charge in [-0.3, -0.25) is 9.69 Å². The SMILES string of the molecule is Cc1ccc(CN2C(=O)[C@]3(SCCN3C(=O)Nc3ccc(C)c(C)c3)c3ccccc32)cc1. The van der Waals surface area contributed by atoms with Crippen molar-refractivity contribution in [2.45, 2.75) is 32.2 Å². The van der Waals surface area contributed by atoms with Crippen LogP contribution in [-0.2, 0) is 16.2 Å². The van der Waals surface area contributed by atoms with Gasteiger partial charge in [0.1, 0.15) is 0 Å². The number of fused-ring (bicyclic) bond motifs is 2. The number of amides is 3. The largest absolute Gasteiger partial charge is 0.323 e. The zero-order valence-electron chi connectivity index (χ0n) is 19.1. The fourth-order valence-electron chi connectivity index (χ4n) is 4.61. The quantitative estimate of drug-likeness (QED) is 0.558. The molecule has 6 heteroatoms. The van der Waals surface area contributed by atoms with Crippen molar-refractivity contribution in [2.24, 2.45) is 0 Å². The monoisotopic (exact) mass is 457 g/mol. The summed E-state index contributed by atoms with van der Waals surface area (Å²) in [5, 5.41) is 3.03. The minimum Gasteiger partial charge on any atom is -0.308 e. The molecule has 2 heterocycles. The third-order valence-corrected chi connectivity index (χ3v) is 7.98. The van der Waals surface area contributed by atoms with Crippen molar-refractivity contribution in [1.82, 2.24) is 4.90 Å². The Balaban J connectivity index is 1.49. The molecular weight excluding hydrogens is 430 g/mol. The van der Waals surface area contributed by atoms with E-state index in [1.54, 1.807) is 16.7 Å². The van der Waals surface area contributed by atoms with Gasteiger partial charge in [-0.05, 0) is 55.7 Å². The summed E-state index contributed by atoms with van der Waals surface area (Å²) in [6.07, 6.45) is 0. The van der Waals surface area contributed by atoms with Gasteiger partial charge in [0.2, 0.25) is 0 Å². The maximum atomic E-state index is 14.0. The number of thioether (sulfide) groups is 1. The maximum Gasteiger partial charge on any atom is 0.323 e. The maximum absolute atomic E-state index is 14.0. The fourth-order valence-corrected chi connectivity index (χ4v) is 6.07. The molecule has 0 unspecified atom stereocenters. The van der Waals surface area contributed by atoms with Gasteiger partial charge < -0.3 is 10.2 Å². The van der Waals surface area contributed by atoms with Gasteiger partial charge in [-0.15, -0.1) is 11.8 Å². The first kappa shape index (κ1) is 21.6. The zero-order valence-corrected chi connectivity index (χ0v) is 19.9. The van der Waals surface area contributed by atoms with Gasteiger partial charge in [0.25, 0.3) is 5.91 Å². The highest BCUT2D eigenvalue weighted by atomic mass is 32.2. The number of benzene rings is 3. The second-order valence-electron chi connectivity index (χ2n) is 8.77. The third kappa shape index (κ3) is 3.59. The van der Waals surface area contributed by atoms with Crippen LogP contribution in [0.4, 0.5) is 16.2 Å². The molecule has 0 bridgehead atoms. The lowest BCUT2D eigenvalue weighted by Crippen LogP contribution is -2.51. The van der Waals surface area contributed by atoms with Crippen LogP contribution in [0.3, 0.4) is 0 Å². The molecule has 3 aromatic carbocycles. The molecule has 3 aromatic rings. The van der Waals surface area contributed by atoms with Crippen LogP contribution in [0.5, 0.6) is 0 Å². The summed E-state index contributed by atoms with van der Waals surface area (Å²) >= 11 is 1.55. The smallest absolute Gasteiger partial charge is 0.308 e. The van der Waals surface area contributed by atoms with Crippen molar-refractivity contribution in [3.8, 4) is 0 Å². The minimum absolute atomic E-state index is 0.0537. The predicted molar refractivity (Wildman–Crippen MR) is 135 cm³/mol. The van der Waals surface area contributed by atoms with Crippen molar-refractivity contribution in [2.75, 3.05) is 22.5 Å². The van der Waals surface area contributed by atoms with E-state index in [0.717, 1.165) is 28.1 Å². The number of anilines is 2. The Kier molecular flexibility index (Phi) is 5.41. The molecule has 3 amide bonds. The Morgan fingerprint density at radius 1 is 1.00 bits per heavy atom. The fraction of sp³-hybridized carbons (Fsp3) is 0.259. The number of nitrogens with zero attached hydrogens (tertiary/aromatic N) is 2. The van der Waals surface area contributed by atoms with Crippen molar-refractivity contribution in [1.29, 1.82) is 0 Å². The average molecular weight is 458 g/mol. The van der Waals surface area contributed by atoms with E-state index in [2.05, 4.69) is 36.5 Å². The van der Waals surface area contributed by atoms with Crippen LogP contribution < -0.4 is 10.2 Å². The molecule has 1 saturated heterocycles. The lowest BCUT2D eigenvalue weighted by molar-refractivity contribution is -0.123. The molecule has 33 heavy (non-hydrogen) atoms. The van der Waals surface area contributed by atoms with Crippen molar-refractivity contribution >= 4 is 35.1 Å². The van der Waals surface area contributed by atoms with E-state index < -0.39 is 4.87 Å². The molecule has 5 rings (SSSR count). The van der Waals surface area contributed by atoms with E-state index in [1.165, 1.54) is 11.1 Å². The summed E-state index contributed by atoms with van der Waals surface area (Å²) < 4.78 is 0. The van der Waals surface area contributed by atoms with Crippen molar-refractivity contribution < 1.29 is 9.59 Å². The van der Waals surface area contributed by atoms with E-state index in [9.17, 15) is 9.59 Å². The highest BCUT2D eigenvalue weighted by Crippen LogP contribution is 2.54. The molecule has 0 saturated carbocycles. The number of carbonyl (C=O) groups is 2. The molecule has 1 fully saturated rings. The van der Waals surface area contributed by atoms with Crippen LogP contribution >= 0.6 is 11.8 Å². The van der Waals surface area contributed by atoms with Crippen LogP contribution in [0.25, 0.3) is 0 Å². The second-order valence-corrected chi connectivity index (χ2v) is 10.1. The third-order valence-electron chi connectivity index (χ3n) is 6.57. The van der Waals surface area contributed by atoms with E-state index >= 15 is 0 Å². The lowest BCUT2D eigenvalue weighted by Gasteiger charge is -2.33. The van der Waals surface area contributed by atoms with E-state index in [0.29, 0.717) is 18.8 Å². The first-order valence-corrected chi connectivity index (χ1v) is 12.2. The summed E-state index contributed by atoms with van der Waals surface area (Å²) in [7, 11) is 0. The van der Waals surface area contributed by atoms with Crippen LogP contribution in [0.1, 0.15) is 27.8 Å². The molecule has 5 nitrogen and oxygen atoms in total. The Morgan fingerprint density at radius 2 is 1.76 bits per heavy atom. The number of urea groups is 1. The van der Waals surface area contributed by atoms with Crippen LogP contribution in [0.15, 0.2) is 66.7 Å². The predicted octanol–water partition coefficient (Wildman–Crippen LogP) is 5.59. The van der Waals surface area contributed by atoms with Crippen LogP contribution in [-0.4, -0.2) is 29.1 Å². The summed E-state index contributed by atoms with van der Waals surface area (Å²) in [6.45, 7) is 7.11. The molecule has 0 aliphatic carbocycles. The molecule has 2 aliphatic rings. The molecule has 1 atom stereocenters. The highest BCUT2D eigenvalue weighted by molar-refractivity contribution is 8.01. The molecular formula is C27H27N3O2S. The Morgan fingerprint density at radius 3 is 2.52 bits per heavy atom. The Hall–Kier alpha value is -3.25. The van der Waals surface area contributed by atoms with Gasteiger partial charge >= 0.3 is 6.03 Å². The summed E-state index contributed by atoms with van der Waals surface area (Å²) in [4.78, 5) is 30.0. The molecule has 0 aromatic heterocycles. The van der Waals surface area contributed by atoms with Gasteiger partial charge in [-0.1, -0.05) is 54.1 Å². The minimum atomic E-state index is -1.04. The van der Waals surface area contributed by atoms with Gasteiger partial charge in [-0.25, -0.2) is 4.79 Å². The molecule has 1 spiro atoms. The van der Waals surface area contributed by atoms with Crippen LogP contribution in [0.2, 0.25) is 0 Å². The number of hydrogen-bond donors (Lipinski definition) is 1. The van der Waals surface area contributed by atoms with Gasteiger partial charge in [0, 0.05) is 23.5 Å². The number of hydrogen-bond acceptors (Lipinski definition) is 3. The van der Waals surface area contributed by atoms with Gasteiger partial charge in [0.05, 0.1) is 12.2 Å². The first-order valence-electron chi connectivity index (χ1n) is 11.2. The normalized spacial score (nSPS) is 19.3. The summed E-state index contributed by atoms with van der Waals surface area (Å²) in [5.74, 6) is 0.653. The zero-order chi connectivity index (χ0) is 23.2. The lowest BCUT2D eigenvalue weighted by atomic mass is 10.1. The van der Waals surface area contributed by atoms with Crippen molar-refractivity contribution in [3.63, 3.8) is 0 Å². The summed E-state index contributed by atoms with van der Waals surface area (Å²) in [6, 6.07) is 21.7. The molecule has 168 valence electrons. The van der Waals surface area contributed by atoms with Crippen molar-refractivity contribution in [3.05, 3.63) is 94.5 Å². The van der Waals surface area contributed by atoms with Crippen LogP contribution in [0, 0.1) is 20.8 Å². The molecule has 0 radical (unpaired) electrons. The second kappa shape index (κ2) is 8.27. The number of nitrogens with one attached hydrogen (secondary N) is 1. The van der Waals surface area contributed by atoms with E-state index in [1.807, 2.05) is 61.2 Å². The number of rotatable bonds is 3. The molecule has 1 N–H and O–H groups in total. The topological polar surface area (TPSA) is 52.7 Å². The average Bonchev–Trinajstić information content (AvgIpc) is 3.35. The number of carbonyl (C=O) groups excluding carboxylic acids is 2. The standard InChI is InChI=1S/C27H27N3O2S/c1-18-8-11-21(12-9-18)17-29-24-7-5-4-6-23(24)27(25(29)31)30(14-15-33-27)26(32)28-22-13-10-19(2)20(3)16-22/h4-13,16H,14-15,17H2,1-3H3,(H,28,32)/t27-/m1/s1. The molecule has 2 aliphatic heterocycles. The number of para-hydroxylation sites is 1. The highest BCUT2D eigenvalue weighted by Gasteiger charge is 2.59. The summed E-state index contributed by atoms with van der Waals surface area (Å²) in [5.41, 5.74) is 7.04. The van der Waals surface area contributed by atoms with Gasteiger partial charge in [-0.2, -0.15) is 0 Å². The number of aryl methyl sites for hydroxylation is 3. The Labute approximate surface area is 198 Å².